The molecule has 7 nitrogen and oxygen atoms in total. The number of aromatic amines is 1. The molecule has 3 aromatic rings. The van der Waals surface area contributed by atoms with Crippen molar-refractivity contribution in [3.05, 3.63) is 36.3 Å². The molecule has 0 aliphatic heterocycles. The Labute approximate surface area is 140 Å². The maximum atomic E-state index is 13.0. The molecule has 2 N–H and O–H groups in total. The van der Waals surface area contributed by atoms with Crippen LogP contribution in [0.5, 0.6) is 0 Å². The summed E-state index contributed by atoms with van der Waals surface area (Å²) in [5.74, 6) is 0.225. The number of nitrogens with one attached hydrogen (secondary N) is 2. The Balaban J connectivity index is 1.74. The van der Waals surface area contributed by atoms with Crippen LogP contribution in [0.1, 0.15) is 37.3 Å². The highest BCUT2D eigenvalue weighted by molar-refractivity contribution is 7.92. The number of H-pyrrole nitrogens is 1. The van der Waals surface area contributed by atoms with Crippen molar-refractivity contribution in [3.63, 3.8) is 0 Å². The minimum absolute atomic E-state index is 0.225. The van der Waals surface area contributed by atoms with Gasteiger partial charge in [-0.1, -0.05) is 18.9 Å². The van der Waals surface area contributed by atoms with Crippen LogP contribution in [0.15, 0.2) is 35.5 Å². The highest BCUT2D eigenvalue weighted by Crippen LogP contribution is 2.37. The Hall–Kier alpha value is -2.35. The standard InChI is InChI=1S/C16H19N5O2S/c1-21-10-15(16(19-21)11-5-2-3-6-11)24(22,23)20-14-8-4-7-13-12(14)9-17-18-13/h4,7-11,20H,2-3,5-6H2,1H3,(H,17,18). The molecular weight excluding hydrogens is 326 g/mol. The third-order valence-corrected chi connectivity index (χ3v) is 5.96. The van der Waals surface area contributed by atoms with Crippen LogP contribution >= 0.6 is 0 Å². The maximum Gasteiger partial charge on any atom is 0.265 e. The van der Waals surface area contributed by atoms with Crippen molar-refractivity contribution >= 4 is 26.6 Å². The van der Waals surface area contributed by atoms with Gasteiger partial charge in [0.15, 0.2) is 0 Å². The lowest BCUT2D eigenvalue weighted by Gasteiger charge is -2.11. The predicted molar refractivity (Wildman–Crippen MR) is 91.3 cm³/mol. The van der Waals surface area contributed by atoms with Crippen LogP contribution in [0, 0.1) is 0 Å². The molecule has 0 radical (unpaired) electrons. The summed E-state index contributed by atoms with van der Waals surface area (Å²) in [6.07, 6.45) is 7.46. The van der Waals surface area contributed by atoms with Crippen molar-refractivity contribution in [3.8, 4) is 0 Å². The molecule has 4 rings (SSSR count). The quantitative estimate of drug-likeness (QED) is 0.760. The summed E-state index contributed by atoms with van der Waals surface area (Å²) in [6.45, 7) is 0. The Kier molecular flexibility index (Phi) is 3.56. The molecule has 0 atom stereocenters. The van der Waals surface area contributed by atoms with E-state index in [1.165, 1.54) is 0 Å². The van der Waals surface area contributed by atoms with E-state index in [0.29, 0.717) is 11.4 Å². The number of hydrogen-bond donors (Lipinski definition) is 2. The lowest BCUT2D eigenvalue weighted by Crippen LogP contribution is -2.15. The molecule has 0 amide bonds. The zero-order valence-corrected chi connectivity index (χ0v) is 14.2. The van der Waals surface area contributed by atoms with Gasteiger partial charge >= 0.3 is 0 Å². The SMILES string of the molecule is Cn1cc(S(=O)(=O)Nc2cccc3[nH]ncc23)c(C2CCCC2)n1. The first-order valence-corrected chi connectivity index (χ1v) is 9.51. The van der Waals surface area contributed by atoms with Crippen LogP contribution in [0.25, 0.3) is 10.9 Å². The Bertz CT molecular complexity index is 983. The Morgan fingerprint density at radius 3 is 2.88 bits per heavy atom. The molecule has 2 heterocycles. The van der Waals surface area contributed by atoms with Gasteiger partial charge in [0.2, 0.25) is 0 Å². The zero-order valence-electron chi connectivity index (χ0n) is 13.4. The van der Waals surface area contributed by atoms with Crippen molar-refractivity contribution in [1.82, 2.24) is 20.0 Å². The number of anilines is 1. The zero-order chi connectivity index (χ0) is 16.7. The molecular formula is C16H19N5O2S. The third-order valence-electron chi connectivity index (χ3n) is 4.58. The molecule has 1 aliphatic carbocycles. The molecule has 24 heavy (non-hydrogen) atoms. The molecule has 0 bridgehead atoms. The van der Waals surface area contributed by atoms with Gasteiger partial charge in [-0.25, -0.2) is 8.42 Å². The molecule has 2 aromatic heterocycles. The van der Waals surface area contributed by atoms with Crippen molar-refractivity contribution < 1.29 is 8.42 Å². The summed E-state index contributed by atoms with van der Waals surface area (Å²) in [5.41, 5.74) is 1.99. The topological polar surface area (TPSA) is 92.7 Å². The second-order valence-electron chi connectivity index (χ2n) is 6.28. The number of hydrogen-bond acceptors (Lipinski definition) is 4. The van der Waals surface area contributed by atoms with Gasteiger partial charge < -0.3 is 0 Å². The summed E-state index contributed by atoms with van der Waals surface area (Å²) < 4.78 is 30.2. The highest BCUT2D eigenvalue weighted by Gasteiger charge is 2.29. The van der Waals surface area contributed by atoms with Gasteiger partial charge in [-0.05, 0) is 25.0 Å². The first kappa shape index (κ1) is 15.2. The summed E-state index contributed by atoms with van der Waals surface area (Å²) >= 11 is 0. The van der Waals surface area contributed by atoms with Gasteiger partial charge in [0, 0.05) is 24.5 Å². The summed E-state index contributed by atoms with van der Waals surface area (Å²) in [5, 5.41) is 12.0. The van der Waals surface area contributed by atoms with E-state index >= 15 is 0 Å². The third kappa shape index (κ3) is 2.56. The number of nitrogens with zero attached hydrogens (tertiary/aromatic N) is 3. The van der Waals surface area contributed by atoms with Crippen LogP contribution < -0.4 is 4.72 Å². The van der Waals surface area contributed by atoms with E-state index in [1.54, 1.807) is 36.3 Å². The van der Waals surface area contributed by atoms with E-state index in [1.807, 2.05) is 6.07 Å². The fourth-order valence-corrected chi connectivity index (χ4v) is 4.78. The first-order valence-electron chi connectivity index (χ1n) is 8.03. The largest absolute Gasteiger partial charge is 0.279 e. The summed E-state index contributed by atoms with van der Waals surface area (Å²) in [4.78, 5) is 0.275. The van der Waals surface area contributed by atoms with Crippen LogP contribution in [0.2, 0.25) is 0 Å². The lowest BCUT2D eigenvalue weighted by molar-refractivity contribution is 0.596. The molecule has 8 heteroatoms. The van der Waals surface area contributed by atoms with Gasteiger partial charge in [-0.3, -0.25) is 14.5 Å². The molecule has 0 spiro atoms. The van der Waals surface area contributed by atoms with Gasteiger partial charge in [-0.15, -0.1) is 0 Å². The average Bonchev–Trinajstić information content (AvgIpc) is 3.27. The van der Waals surface area contributed by atoms with Gasteiger partial charge in [-0.2, -0.15) is 10.2 Å². The second kappa shape index (κ2) is 5.62. The number of fused-ring (bicyclic) bond motifs is 1. The van der Waals surface area contributed by atoms with E-state index in [2.05, 4.69) is 20.0 Å². The van der Waals surface area contributed by atoms with Crippen LogP contribution in [0.4, 0.5) is 5.69 Å². The molecule has 126 valence electrons. The molecule has 1 aliphatic rings. The molecule has 0 saturated heterocycles. The van der Waals surface area contributed by atoms with Gasteiger partial charge in [0.1, 0.15) is 4.90 Å². The number of aryl methyl sites for hydroxylation is 1. The van der Waals surface area contributed by atoms with Crippen molar-refractivity contribution in [2.24, 2.45) is 7.05 Å². The maximum absolute atomic E-state index is 13.0. The summed E-state index contributed by atoms with van der Waals surface area (Å²) in [7, 11) is -1.95. The minimum atomic E-state index is -3.70. The van der Waals surface area contributed by atoms with E-state index in [4.69, 9.17) is 0 Å². The number of rotatable bonds is 4. The van der Waals surface area contributed by atoms with Crippen LogP contribution in [-0.2, 0) is 17.1 Å². The first-order chi connectivity index (χ1) is 11.5. The lowest BCUT2D eigenvalue weighted by atomic mass is 10.1. The fourth-order valence-electron chi connectivity index (χ4n) is 3.43. The van der Waals surface area contributed by atoms with Crippen molar-refractivity contribution in [2.75, 3.05) is 4.72 Å². The molecule has 1 saturated carbocycles. The highest BCUT2D eigenvalue weighted by atomic mass is 32.2. The monoisotopic (exact) mass is 345 g/mol. The normalized spacial score (nSPS) is 16.0. The molecule has 1 fully saturated rings. The van der Waals surface area contributed by atoms with E-state index < -0.39 is 10.0 Å². The predicted octanol–water partition coefficient (Wildman–Crippen LogP) is 2.75. The molecule has 1 aromatic carbocycles. The average molecular weight is 345 g/mol. The van der Waals surface area contributed by atoms with Crippen molar-refractivity contribution in [2.45, 2.75) is 36.5 Å². The van der Waals surface area contributed by atoms with Gasteiger partial charge in [0.25, 0.3) is 10.0 Å². The van der Waals surface area contributed by atoms with E-state index in [-0.39, 0.29) is 10.8 Å². The van der Waals surface area contributed by atoms with Crippen LogP contribution in [-0.4, -0.2) is 28.4 Å². The van der Waals surface area contributed by atoms with E-state index in [0.717, 1.165) is 36.6 Å². The Morgan fingerprint density at radius 2 is 2.08 bits per heavy atom. The number of benzene rings is 1. The Morgan fingerprint density at radius 1 is 1.29 bits per heavy atom. The minimum Gasteiger partial charge on any atom is -0.279 e. The summed E-state index contributed by atoms with van der Waals surface area (Å²) in [6, 6.07) is 5.38. The smallest absolute Gasteiger partial charge is 0.265 e. The molecule has 0 unspecified atom stereocenters. The van der Waals surface area contributed by atoms with Gasteiger partial charge in [0.05, 0.1) is 23.1 Å². The van der Waals surface area contributed by atoms with E-state index in [9.17, 15) is 8.42 Å². The second-order valence-corrected chi connectivity index (χ2v) is 7.93. The number of sulfonamides is 1. The van der Waals surface area contributed by atoms with Crippen LogP contribution in [0.3, 0.4) is 0 Å². The number of aromatic nitrogens is 4. The van der Waals surface area contributed by atoms with Crippen molar-refractivity contribution in [1.29, 1.82) is 0 Å². The fraction of sp³-hybridized carbons (Fsp3) is 0.375.